The van der Waals surface area contributed by atoms with Crippen molar-refractivity contribution in [2.24, 2.45) is 0 Å². The molecule has 0 unspecified atom stereocenters. The average Bonchev–Trinajstić information content (AvgIpc) is 2.97. The standard InChI is InChI=1S/C22H24N2O3/c1-13-9-14(2)11-18(10-13)26-12-19-17(5)27-24-21(19)22(25)23-20-8-6-7-15(3)16(20)4/h6-11H,12H2,1-5H3,(H,23,25). The van der Waals surface area contributed by atoms with E-state index in [1.54, 1.807) is 6.92 Å². The second-order valence-corrected chi connectivity index (χ2v) is 6.88. The highest BCUT2D eigenvalue weighted by atomic mass is 16.5. The molecule has 2 aromatic carbocycles. The van der Waals surface area contributed by atoms with Crippen LogP contribution in [0, 0.1) is 34.6 Å². The van der Waals surface area contributed by atoms with Crippen molar-refractivity contribution in [1.82, 2.24) is 5.16 Å². The van der Waals surface area contributed by atoms with Crippen LogP contribution in [0.1, 0.15) is 44.1 Å². The Morgan fingerprint density at radius 2 is 1.78 bits per heavy atom. The zero-order valence-corrected chi connectivity index (χ0v) is 16.3. The molecule has 0 aliphatic rings. The van der Waals surface area contributed by atoms with Gasteiger partial charge in [0.25, 0.3) is 5.91 Å². The minimum Gasteiger partial charge on any atom is -0.489 e. The van der Waals surface area contributed by atoms with Crippen LogP contribution < -0.4 is 10.1 Å². The number of rotatable bonds is 5. The summed E-state index contributed by atoms with van der Waals surface area (Å²) in [4.78, 5) is 12.7. The fourth-order valence-corrected chi connectivity index (χ4v) is 2.98. The Morgan fingerprint density at radius 3 is 2.48 bits per heavy atom. The molecule has 5 heteroatoms. The van der Waals surface area contributed by atoms with E-state index in [-0.39, 0.29) is 18.2 Å². The molecule has 1 aromatic heterocycles. The first-order chi connectivity index (χ1) is 12.8. The van der Waals surface area contributed by atoms with E-state index in [1.807, 2.05) is 58.0 Å². The van der Waals surface area contributed by atoms with E-state index >= 15 is 0 Å². The molecule has 1 N–H and O–H groups in total. The number of carbonyl (C=O) groups is 1. The third-order valence-corrected chi connectivity index (χ3v) is 4.63. The van der Waals surface area contributed by atoms with E-state index < -0.39 is 0 Å². The van der Waals surface area contributed by atoms with E-state index in [4.69, 9.17) is 9.26 Å². The molecule has 140 valence electrons. The van der Waals surface area contributed by atoms with Crippen LogP contribution in [-0.2, 0) is 6.61 Å². The summed E-state index contributed by atoms with van der Waals surface area (Å²) in [7, 11) is 0. The molecule has 0 saturated carbocycles. The van der Waals surface area contributed by atoms with Gasteiger partial charge in [-0.3, -0.25) is 4.79 Å². The lowest BCUT2D eigenvalue weighted by Gasteiger charge is -2.11. The largest absolute Gasteiger partial charge is 0.489 e. The highest BCUT2D eigenvalue weighted by Gasteiger charge is 2.21. The Morgan fingerprint density at radius 1 is 1.07 bits per heavy atom. The average molecular weight is 364 g/mol. The molecule has 5 nitrogen and oxygen atoms in total. The Kier molecular flexibility index (Phi) is 5.31. The van der Waals surface area contributed by atoms with Gasteiger partial charge in [0.05, 0.1) is 5.56 Å². The molecular formula is C22H24N2O3. The predicted molar refractivity (Wildman–Crippen MR) is 105 cm³/mol. The Bertz CT molecular complexity index is 969. The highest BCUT2D eigenvalue weighted by molar-refractivity contribution is 6.04. The van der Waals surface area contributed by atoms with Crippen molar-refractivity contribution in [2.45, 2.75) is 41.2 Å². The number of aryl methyl sites for hydroxylation is 4. The molecule has 0 saturated heterocycles. The molecule has 3 aromatic rings. The van der Waals surface area contributed by atoms with Gasteiger partial charge >= 0.3 is 0 Å². The first-order valence-corrected chi connectivity index (χ1v) is 8.89. The molecule has 3 rings (SSSR count). The summed E-state index contributed by atoms with van der Waals surface area (Å²) in [5.74, 6) is 1.03. The number of aromatic nitrogens is 1. The van der Waals surface area contributed by atoms with Crippen LogP contribution in [0.25, 0.3) is 0 Å². The number of hydrogen-bond acceptors (Lipinski definition) is 4. The SMILES string of the molecule is Cc1cc(C)cc(OCc2c(C(=O)Nc3cccc(C)c3C)noc2C)c1. The molecule has 0 aliphatic heterocycles. The maximum atomic E-state index is 12.7. The van der Waals surface area contributed by atoms with Gasteiger partial charge in [0.2, 0.25) is 0 Å². The van der Waals surface area contributed by atoms with Gasteiger partial charge in [-0.05, 0) is 75.1 Å². The highest BCUT2D eigenvalue weighted by Crippen LogP contribution is 2.23. The van der Waals surface area contributed by atoms with Crippen LogP contribution in [0.4, 0.5) is 5.69 Å². The Hall–Kier alpha value is -3.08. The quantitative estimate of drug-likeness (QED) is 0.688. The predicted octanol–water partition coefficient (Wildman–Crippen LogP) is 5.05. The van der Waals surface area contributed by atoms with Crippen LogP contribution in [0.5, 0.6) is 5.75 Å². The van der Waals surface area contributed by atoms with Gasteiger partial charge in [-0.15, -0.1) is 0 Å². The molecular weight excluding hydrogens is 340 g/mol. The maximum Gasteiger partial charge on any atom is 0.278 e. The Balaban J connectivity index is 1.79. The maximum absolute atomic E-state index is 12.7. The van der Waals surface area contributed by atoms with Gasteiger partial charge in [0.1, 0.15) is 18.1 Å². The van der Waals surface area contributed by atoms with Gasteiger partial charge in [0.15, 0.2) is 5.69 Å². The van der Waals surface area contributed by atoms with Crippen molar-refractivity contribution < 1.29 is 14.1 Å². The van der Waals surface area contributed by atoms with Crippen molar-refractivity contribution in [2.75, 3.05) is 5.32 Å². The van der Waals surface area contributed by atoms with Crippen molar-refractivity contribution in [1.29, 1.82) is 0 Å². The normalized spacial score (nSPS) is 10.7. The molecule has 0 atom stereocenters. The van der Waals surface area contributed by atoms with Crippen LogP contribution >= 0.6 is 0 Å². The first-order valence-electron chi connectivity index (χ1n) is 8.89. The smallest absolute Gasteiger partial charge is 0.278 e. The van der Waals surface area contributed by atoms with E-state index in [1.165, 1.54) is 0 Å². The van der Waals surface area contributed by atoms with Crippen molar-refractivity contribution in [3.05, 3.63) is 75.7 Å². The zero-order chi connectivity index (χ0) is 19.6. The van der Waals surface area contributed by atoms with Gasteiger partial charge in [-0.1, -0.05) is 23.4 Å². The molecule has 0 bridgehead atoms. The summed E-state index contributed by atoms with van der Waals surface area (Å²) < 4.78 is 11.2. The van der Waals surface area contributed by atoms with Crippen molar-refractivity contribution in [3.8, 4) is 5.75 Å². The van der Waals surface area contributed by atoms with E-state index in [2.05, 4.69) is 16.5 Å². The zero-order valence-electron chi connectivity index (χ0n) is 16.3. The second-order valence-electron chi connectivity index (χ2n) is 6.88. The monoisotopic (exact) mass is 364 g/mol. The van der Waals surface area contributed by atoms with Gasteiger partial charge in [-0.2, -0.15) is 0 Å². The number of nitrogens with one attached hydrogen (secondary N) is 1. The van der Waals surface area contributed by atoms with Gasteiger partial charge in [-0.25, -0.2) is 0 Å². The lowest BCUT2D eigenvalue weighted by Crippen LogP contribution is -2.16. The summed E-state index contributed by atoms with van der Waals surface area (Å²) >= 11 is 0. The minimum atomic E-state index is -0.306. The molecule has 0 spiro atoms. The molecule has 1 amide bonds. The molecule has 0 aliphatic carbocycles. The molecule has 1 heterocycles. The summed E-state index contributed by atoms with van der Waals surface area (Å²) in [5, 5.41) is 6.86. The number of benzene rings is 2. The fraction of sp³-hybridized carbons (Fsp3) is 0.273. The molecule has 27 heavy (non-hydrogen) atoms. The number of carbonyl (C=O) groups excluding carboxylic acids is 1. The van der Waals surface area contributed by atoms with Crippen molar-refractivity contribution in [3.63, 3.8) is 0 Å². The summed E-state index contributed by atoms with van der Waals surface area (Å²) in [5.41, 5.74) is 6.05. The number of anilines is 1. The third kappa shape index (κ3) is 4.19. The van der Waals surface area contributed by atoms with Gasteiger partial charge in [0, 0.05) is 5.69 Å². The summed E-state index contributed by atoms with van der Waals surface area (Å²) in [6, 6.07) is 11.8. The van der Waals surface area contributed by atoms with E-state index in [0.717, 1.165) is 33.7 Å². The summed E-state index contributed by atoms with van der Waals surface area (Å²) in [6.07, 6.45) is 0. The van der Waals surface area contributed by atoms with Crippen LogP contribution in [-0.4, -0.2) is 11.1 Å². The van der Waals surface area contributed by atoms with Crippen LogP contribution in [0.3, 0.4) is 0 Å². The second kappa shape index (κ2) is 7.66. The lowest BCUT2D eigenvalue weighted by atomic mass is 10.1. The number of nitrogens with zero attached hydrogens (tertiary/aromatic N) is 1. The van der Waals surface area contributed by atoms with Crippen LogP contribution in [0.2, 0.25) is 0 Å². The first kappa shape index (κ1) is 18.7. The van der Waals surface area contributed by atoms with E-state index in [9.17, 15) is 4.79 Å². The van der Waals surface area contributed by atoms with Crippen molar-refractivity contribution >= 4 is 11.6 Å². The lowest BCUT2D eigenvalue weighted by molar-refractivity contribution is 0.101. The Labute approximate surface area is 159 Å². The third-order valence-electron chi connectivity index (χ3n) is 4.63. The molecule has 0 fully saturated rings. The number of ether oxygens (including phenoxy) is 1. The minimum absolute atomic E-state index is 0.216. The van der Waals surface area contributed by atoms with E-state index in [0.29, 0.717) is 11.3 Å². The fourth-order valence-electron chi connectivity index (χ4n) is 2.98. The summed E-state index contributed by atoms with van der Waals surface area (Å²) in [6.45, 7) is 10.0. The number of hydrogen-bond donors (Lipinski definition) is 1. The molecule has 0 radical (unpaired) electrons. The topological polar surface area (TPSA) is 64.4 Å². The van der Waals surface area contributed by atoms with Crippen LogP contribution in [0.15, 0.2) is 40.9 Å². The number of amides is 1. The van der Waals surface area contributed by atoms with Gasteiger partial charge < -0.3 is 14.6 Å².